The van der Waals surface area contributed by atoms with Crippen molar-refractivity contribution >= 4 is 0 Å². The van der Waals surface area contributed by atoms with E-state index in [4.69, 9.17) is 0 Å². The van der Waals surface area contributed by atoms with Crippen molar-refractivity contribution in [2.45, 2.75) is 18.7 Å². The van der Waals surface area contributed by atoms with Crippen LogP contribution in [0.25, 0.3) is 0 Å². The highest BCUT2D eigenvalue weighted by Crippen LogP contribution is 2.10. The molecule has 0 bridgehead atoms. The highest BCUT2D eigenvalue weighted by molar-refractivity contribution is 4.94. The van der Waals surface area contributed by atoms with Gasteiger partial charge in [-0.05, 0) is 7.05 Å². The molecule has 0 amide bonds. The van der Waals surface area contributed by atoms with E-state index in [-0.39, 0.29) is 12.1 Å². The smallest absolute Gasteiger partial charge is 0.122 e. The fourth-order valence-corrected chi connectivity index (χ4v) is 1.99. The minimum Gasteiger partial charge on any atom is -0.390 e. The van der Waals surface area contributed by atoms with Crippen molar-refractivity contribution < 1.29 is 5.11 Å². The van der Waals surface area contributed by atoms with Gasteiger partial charge in [-0.1, -0.05) is 0 Å². The molecule has 2 atom stereocenters. The van der Waals surface area contributed by atoms with Gasteiger partial charge in [-0.2, -0.15) is 0 Å². The Balaban J connectivity index is 1.97. The zero-order chi connectivity index (χ0) is 10.8. The summed E-state index contributed by atoms with van der Waals surface area (Å²) in [5, 5.41) is 12.9. The number of hydrogen-bond acceptors (Lipinski definition) is 4. The van der Waals surface area contributed by atoms with E-state index in [0.717, 1.165) is 18.9 Å². The van der Waals surface area contributed by atoms with E-state index in [1.807, 2.05) is 24.9 Å². The molecule has 1 aromatic rings. The Morgan fingerprint density at radius 3 is 3.00 bits per heavy atom. The first-order chi connectivity index (χ1) is 7.18. The maximum Gasteiger partial charge on any atom is 0.122 e. The molecule has 2 rings (SSSR count). The lowest BCUT2D eigenvalue weighted by Crippen LogP contribution is -2.40. The van der Waals surface area contributed by atoms with Gasteiger partial charge < -0.3 is 15.0 Å². The number of β-amino-alcohol motifs (C(OH)–C–C–N with tert-alkyl or cyclic N) is 1. The molecule has 15 heavy (non-hydrogen) atoms. The monoisotopic (exact) mass is 210 g/mol. The van der Waals surface area contributed by atoms with Gasteiger partial charge >= 0.3 is 0 Å². The van der Waals surface area contributed by atoms with Crippen molar-refractivity contribution in [1.82, 2.24) is 19.8 Å². The number of aliphatic hydroxyl groups excluding tert-OH is 1. The molecular formula is C10H18N4O. The Bertz CT molecular complexity index is 325. The van der Waals surface area contributed by atoms with E-state index in [0.29, 0.717) is 6.54 Å². The third kappa shape index (κ3) is 2.19. The highest BCUT2D eigenvalue weighted by Gasteiger charge is 2.28. The minimum atomic E-state index is -0.268. The fraction of sp³-hybridized carbons (Fsp3) is 0.700. The van der Waals surface area contributed by atoms with Gasteiger partial charge in [-0.3, -0.25) is 4.90 Å². The van der Waals surface area contributed by atoms with E-state index in [1.54, 1.807) is 6.20 Å². The first-order valence-electron chi connectivity index (χ1n) is 5.23. The fourth-order valence-electron chi connectivity index (χ4n) is 1.99. The molecular weight excluding hydrogens is 192 g/mol. The molecule has 5 nitrogen and oxygen atoms in total. The third-order valence-electron chi connectivity index (χ3n) is 3.03. The Morgan fingerprint density at radius 2 is 2.47 bits per heavy atom. The molecule has 5 heteroatoms. The molecule has 0 saturated carbocycles. The van der Waals surface area contributed by atoms with Crippen LogP contribution in [0.5, 0.6) is 0 Å². The SMILES string of the molecule is CN(Cc1nccn1C)C1CNCC1O. The minimum absolute atomic E-state index is 0.196. The van der Waals surface area contributed by atoms with Crippen LogP contribution in [-0.2, 0) is 13.6 Å². The van der Waals surface area contributed by atoms with Gasteiger partial charge in [0.1, 0.15) is 5.82 Å². The van der Waals surface area contributed by atoms with Crippen LogP contribution in [0, 0.1) is 0 Å². The second-order valence-electron chi connectivity index (χ2n) is 4.16. The lowest BCUT2D eigenvalue weighted by molar-refractivity contribution is 0.0936. The Hall–Kier alpha value is -0.910. The summed E-state index contributed by atoms with van der Waals surface area (Å²) in [5.41, 5.74) is 0. The van der Waals surface area contributed by atoms with E-state index in [9.17, 15) is 5.11 Å². The predicted octanol–water partition coefficient (Wildman–Crippen LogP) is -0.815. The second kappa shape index (κ2) is 4.30. The molecule has 2 N–H and O–H groups in total. The molecule has 1 aliphatic rings. The summed E-state index contributed by atoms with van der Waals surface area (Å²) in [6, 6.07) is 0.196. The Kier molecular flexibility index (Phi) is 3.04. The van der Waals surface area contributed by atoms with Gasteiger partial charge in [0, 0.05) is 38.6 Å². The van der Waals surface area contributed by atoms with Crippen molar-refractivity contribution in [2.75, 3.05) is 20.1 Å². The van der Waals surface area contributed by atoms with Crippen molar-refractivity contribution in [2.24, 2.45) is 7.05 Å². The first-order valence-corrected chi connectivity index (χ1v) is 5.23. The average molecular weight is 210 g/mol. The number of aryl methyl sites for hydroxylation is 1. The van der Waals surface area contributed by atoms with E-state index < -0.39 is 0 Å². The lowest BCUT2D eigenvalue weighted by Gasteiger charge is -2.25. The molecule has 84 valence electrons. The molecule has 1 aliphatic heterocycles. The first kappa shape index (κ1) is 10.6. The molecule has 2 unspecified atom stereocenters. The quantitative estimate of drug-likeness (QED) is 0.685. The molecule has 1 saturated heterocycles. The number of imidazole rings is 1. The Morgan fingerprint density at radius 1 is 1.67 bits per heavy atom. The summed E-state index contributed by atoms with van der Waals surface area (Å²) >= 11 is 0. The molecule has 0 aliphatic carbocycles. The van der Waals surface area contributed by atoms with Gasteiger partial charge in [-0.25, -0.2) is 4.98 Å². The third-order valence-corrected chi connectivity index (χ3v) is 3.03. The number of aromatic nitrogens is 2. The largest absolute Gasteiger partial charge is 0.390 e. The molecule has 2 heterocycles. The van der Waals surface area contributed by atoms with Gasteiger partial charge in [-0.15, -0.1) is 0 Å². The molecule has 1 aromatic heterocycles. The number of nitrogens with one attached hydrogen (secondary N) is 1. The van der Waals surface area contributed by atoms with Crippen LogP contribution in [0.2, 0.25) is 0 Å². The van der Waals surface area contributed by atoms with Crippen LogP contribution in [0.3, 0.4) is 0 Å². The number of rotatable bonds is 3. The van der Waals surface area contributed by atoms with Crippen LogP contribution >= 0.6 is 0 Å². The van der Waals surface area contributed by atoms with Crippen LogP contribution in [0.4, 0.5) is 0 Å². The van der Waals surface area contributed by atoms with Crippen LogP contribution in [-0.4, -0.2) is 51.8 Å². The summed E-state index contributed by atoms with van der Waals surface area (Å²) < 4.78 is 2.01. The van der Waals surface area contributed by atoms with Gasteiger partial charge in [0.2, 0.25) is 0 Å². The summed E-state index contributed by atoms with van der Waals surface area (Å²) in [7, 11) is 4.01. The topological polar surface area (TPSA) is 53.3 Å². The lowest BCUT2D eigenvalue weighted by atomic mass is 10.2. The van der Waals surface area contributed by atoms with Crippen molar-refractivity contribution in [3.63, 3.8) is 0 Å². The summed E-state index contributed by atoms with van der Waals surface area (Å²) in [6.07, 6.45) is 3.47. The van der Waals surface area contributed by atoms with E-state index in [2.05, 4.69) is 15.2 Å². The number of aliphatic hydroxyl groups is 1. The molecule has 0 radical (unpaired) electrons. The second-order valence-corrected chi connectivity index (χ2v) is 4.16. The standard InChI is InChI=1S/C10H18N4O/c1-13-4-3-12-10(13)7-14(2)8-5-11-6-9(8)15/h3-4,8-9,11,15H,5-7H2,1-2H3. The highest BCUT2D eigenvalue weighted by atomic mass is 16.3. The average Bonchev–Trinajstić information content (AvgIpc) is 2.76. The van der Waals surface area contributed by atoms with Crippen molar-refractivity contribution in [1.29, 1.82) is 0 Å². The number of hydrogen-bond donors (Lipinski definition) is 2. The maximum atomic E-state index is 9.73. The van der Waals surface area contributed by atoms with Crippen LogP contribution in [0.1, 0.15) is 5.82 Å². The summed E-state index contributed by atoms with van der Waals surface area (Å²) in [5.74, 6) is 1.02. The van der Waals surface area contributed by atoms with Crippen molar-refractivity contribution in [3.05, 3.63) is 18.2 Å². The normalized spacial score (nSPS) is 26.4. The van der Waals surface area contributed by atoms with Crippen molar-refractivity contribution in [3.8, 4) is 0 Å². The molecule has 0 spiro atoms. The summed E-state index contributed by atoms with van der Waals surface area (Å²) in [6.45, 7) is 2.31. The van der Waals surface area contributed by atoms with Gasteiger partial charge in [0.15, 0.2) is 0 Å². The number of nitrogens with zero attached hydrogens (tertiary/aromatic N) is 3. The van der Waals surface area contributed by atoms with Gasteiger partial charge in [0.25, 0.3) is 0 Å². The van der Waals surface area contributed by atoms with Crippen LogP contribution < -0.4 is 5.32 Å². The van der Waals surface area contributed by atoms with Crippen LogP contribution in [0.15, 0.2) is 12.4 Å². The zero-order valence-corrected chi connectivity index (χ0v) is 9.22. The maximum absolute atomic E-state index is 9.73. The molecule has 0 aromatic carbocycles. The zero-order valence-electron chi connectivity index (χ0n) is 9.22. The van der Waals surface area contributed by atoms with E-state index in [1.165, 1.54) is 0 Å². The summed E-state index contributed by atoms with van der Waals surface area (Å²) in [4.78, 5) is 6.42. The van der Waals surface area contributed by atoms with Gasteiger partial charge in [0.05, 0.1) is 12.6 Å². The number of likely N-dealkylation sites (N-methyl/N-ethyl adjacent to an activating group) is 1. The Labute approximate surface area is 89.7 Å². The predicted molar refractivity (Wildman–Crippen MR) is 57.3 cm³/mol. The van der Waals surface area contributed by atoms with E-state index >= 15 is 0 Å². The molecule has 1 fully saturated rings.